The Morgan fingerprint density at radius 2 is 2.56 bits per heavy atom. The molecule has 0 amide bonds. The summed E-state index contributed by atoms with van der Waals surface area (Å²) in [5.74, 6) is 1.48. The second kappa shape index (κ2) is 1.71. The summed E-state index contributed by atoms with van der Waals surface area (Å²) in [5, 5.41) is 8.79. The Labute approximate surface area is 54.7 Å². The molecule has 1 fully saturated rings. The number of rotatable bonds is 1. The maximum absolute atomic E-state index is 8.79. The first-order chi connectivity index (χ1) is 4.42. The van der Waals surface area contributed by atoms with Gasteiger partial charge in [0.2, 0.25) is 0 Å². The van der Waals surface area contributed by atoms with Crippen LogP contribution < -0.4 is 0 Å². The van der Waals surface area contributed by atoms with Crippen molar-refractivity contribution in [2.75, 3.05) is 6.61 Å². The molecule has 0 aromatic heterocycles. The first-order valence-electron chi connectivity index (χ1n) is 3.40. The quantitative estimate of drug-likeness (QED) is 0.552. The summed E-state index contributed by atoms with van der Waals surface area (Å²) in [6.45, 7) is 0.255. The van der Waals surface area contributed by atoms with Gasteiger partial charge in [-0.25, -0.2) is 0 Å². The average molecular weight is 122 g/mol. The first kappa shape index (κ1) is 5.24. The van der Waals surface area contributed by atoms with E-state index in [1.165, 1.54) is 12.0 Å². The van der Waals surface area contributed by atoms with Gasteiger partial charge in [0.15, 0.2) is 0 Å². The summed E-state index contributed by atoms with van der Waals surface area (Å²) in [5.41, 5.74) is 1.22. The molecule has 1 heteroatoms. The standard InChI is InChI=1S/C8H10O/c9-5-7-3-1-2-6-4-8(6)7/h1-3,6,8-9H,4-5H2. The molecule has 0 saturated heterocycles. The van der Waals surface area contributed by atoms with Crippen LogP contribution in [0.4, 0.5) is 0 Å². The van der Waals surface area contributed by atoms with Crippen LogP contribution in [0.1, 0.15) is 6.42 Å². The highest BCUT2D eigenvalue weighted by Crippen LogP contribution is 2.46. The Hall–Kier alpha value is -0.560. The zero-order valence-corrected chi connectivity index (χ0v) is 5.25. The second-order valence-corrected chi connectivity index (χ2v) is 2.79. The molecule has 0 bridgehead atoms. The van der Waals surface area contributed by atoms with Crippen molar-refractivity contribution in [3.8, 4) is 0 Å². The summed E-state index contributed by atoms with van der Waals surface area (Å²) in [7, 11) is 0. The van der Waals surface area contributed by atoms with Crippen LogP contribution in [0.2, 0.25) is 0 Å². The smallest absolute Gasteiger partial charge is 0.0647 e. The molecule has 0 spiro atoms. The van der Waals surface area contributed by atoms with Crippen molar-refractivity contribution in [1.29, 1.82) is 0 Å². The van der Waals surface area contributed by atoms with Crippen molar-refractivity contribution in [3.63, 3.8) is 0 Å². The summed E-state index contributed by atoms with van der Waals surface area (Å²) in [6.07, 6.45) is 7.58. The fraction of sp³-hybridized carbons (Fsp3) is 0.500. The Bertz CT molecular complexity index is 179. The lowest BCUT2D eigenvalue weighted by Crippen LogP contribution is -1.96. The number of aliphatic hydroxyl groups is 1. The van der Waals surface area contributed by atoms with E-state index in [1.807, 2.05) is 6.08 Å². The average Bonchev–Trinajstić information content (AvgIpc) is 2.64. The lowest BCUT2D eigenvalue weighted by molar-refractivity contribution is 0.323. The van der Waals surface area contributed by atoms with Crippen molar-refractivity contribution in [3.05, 3.63) is 23.8 Å². The number of hydrogen-bond donors (Lipinski definition) is 1. The number of hydrogen-bond acceptors (Lipinski definition) is 1. The van der Waals surface area contributed by atoms with E-state index in [0.717, 1.165) is 5.92 Å². The SMILES string of the molecule is OCC1=CC=CC2CC12. The van der Waals surface area contributed by atoms with Crippen LogP contribution in [-0.4, -0.2) is 11.7 Å². The van der Waals surface area contributed by atoms with E-state index in [2.05, 4.69) is 12.2 Å². The monoisotopic (exact) mass is 122 g/mol. The normalized spacial score (nSPS) is 37.7. The van der Waals surface area contributed by atoms with Crippen molar-refractivity contribution >= 4 is 0 Å². The van der Waals surface area contributed by atoms with Gasteiger partial charge in [-0.1, -0.05) is 18.2 Å². The van der Waals surface area contributed by atoms with Crippen LogP contribution in [0.25, 0.3) is 0 Å². The molecular formula is C8H10O. The van der Waals surface area contributed by atoms with Crippen LogP contribution in [0.15, 0.2) is 23.8 Å². The van der Waals surface area contributed by atoms with Crippen LogP contribution in [0.5, 0.6) is 0 Å². The molecule has 0 aromatic rings. The van der Waals surface area contributed by atoms with Gasteiger partial charge in [0, 0.05) is 0 Å². The van der Waals surface area contributed by atoms with Crippen LogP contribution in [0, 0.1) is 11.8 Å². The van der Waals surface area contributed by atoms with Gasteiger partial charge >= 0.3 is 0 Å². The molecule has 1 N–H and O–H groups in total. The second-order valence-electron chi connectivity index (χ2n) is 2.79. The fourth-order valence-electron chi connectivity index (χ4n) is 1.47. The molecule has 2 unspecified atom stereocenters. The molecule has 2 aliphatic carbocycles. The van der Waals surface area contributed by atoms with Crippen LogP contribution in [-0.2, 0) is 0 Å². The molecule has 1 saturated carbocycles. The van der Waals surface area contributed by atoms with Crippen LogP contribution in [0.3, 0.4) is 0 Å². The maximum atomic E-state index is 8.79. The van der Waals surface area contributed by atoms with Gasteiger partial charge in [-0.2, -0.15) is 0 Å². The maximum Gasteiger partial charge on any atom is 0.0647 e. The summed E-state index contributed by atoms with van der Waals surface area (Å²) in [6, 6.07) is 0. The minimum atomic E-state index is 0.255. The highest BCUT2D eigenvalue weighted by atomic mass is 16.3. The summed E-state index contributed by atoms with van der Waals surface area (Å²) in [4.78, 5) is 0. The molecule has 2 aliphatic rings. The third kappa shape index (κ3) is 0.724. The fourth-order valence-corrected chi connectivity index (χ4v) is 1.47. The highest BCUT2D eigenvalue weighted by molar-refractivity contribution is 5.30. The van der Waals surface area contributed by atoms with Gasteiger partial charge in [-0.3, -0.25) is 0 Å². The van der Waals surface area contributed by atoms with Crippen LogP contribution >= 0.6 is 0 Å². The highest BCUT2D eigenvalue weighted by Gasteiger charge is 2.38. The van der Waals surface area contributed by atoms with Gasteiger partial charge in [-0.05, 0) is 23.8 Å². The molecule has 0 aliphatic heterocycles. The zero-order valence-electron chi connectivity index (χ0n) is 5.25. The van der Waals surface area contributed by atoms with Gasteiger partial charge < -0.3 is 5.11 Å². The predicted molar refractivity (Wildman–Crippen MR) is 35.9 cm³/mol. The molecule has 2 atom stereocenters. The van der Waals surface area contributed by atoms with Crippen molar-refractivity contribution < 1.29 is 5.11 Å². The largest absolute Gasteiger partial charge is 0.392 e. The van der Waals surface area contributed by atoms with E-state index in [0.29, 0.717) is 5.92 Å². The van der Waals surface area contributed by atoms with Gasteiger partial charge in [0.25, 0.3) is 0 Å². The third-order valence-electron chi connectivity index (χ3n) is 2.17. The summed E-state index contributed by atoms with van der Waals surface area (Å²) >= 11 is 0. The topological polar surface area (TPSA) is 20.2 Å². The van der Waals surface area contributed by atoms with Gasteiger partial charge in [0.1, 0.15) is 0 Å². The summed E-state index contributed by atoms with van der Waals surface area (Å²) < 4.78 is 0. The predicted octanol–water partition coefficient (Wildman–Crippen LogP) is 1.11. The molecule has 9 heavy (non-hydrogen) atoms. The van der Waals surface area contributed by atoms with Gasteiger partial charge in [0.05, 0.1) is 6.61 Å². The van der Waals surface area contributed by atoms with E-state index in [1.54, 1.807) is 0 Å². The van der Waals surface area contributed by atoms with E-state index in [-0.39, 0.29) is 6.61 Å². The van der Waals surface area contributed by atoms with Crippen molar-refractivity contribution in [1.82, 2.24) is 0 Å². The van der Waals surface area contributed by atoms with E-state index in [4.69, 9.17) is 5.11 Å². The minimum absolute atomic E-state index is 0.255. The molecular weight excluding hydrogens is 112 g/mol. The molecule has 48 valence electrons. The third-order valence-corrected chi connectivity index (χ3v) is 2.17. The lowest BCUT2D eigenvalue weighted by atomic mass is 10.1. The molecule has 1 nitrogen and oxygen atoms in total. The molecule has 0 radical (unpaired) electrons. The van der Waals surface area contributed by atoms with E-state index < -0.39 is 0 Å². The van der Waals surface area contributed by atoms with Crippen molar-refractivity contribution in [2.24, 2.45) is 11.8 Å². The van der Waals surface area contributed by atoms with Gasteiger partial charge in [-0.15, -0.1) is 0 Å². The Morgan fingerprint density at radius 1 is 1.67 bits per heavy atom. The molecule has 0 aromatic carbocycles. The Kier molecular flexibility index (Phi) is 0.995. The van der Waals surface area contributed by atoms with E-state index in [9.17, 15) is 0 Å². The van der Waals surface area contributed by atoms with Crippen molar-refractivity contribution in [2.45, 2.75) is 6.42 Å². The van der Waals surface area contributed by atoms with E-state index >= 15 is 0 Å². The number of fused-ring (bicyclic) bond motifs is 1. The molecule has 0 heterocycles. The zero-order chi connectivity index (χ0) is 6.27. The lowest BCUT2D eigenvalue weighted by Gasteiger charge is -2.02. The minimum Gasteiger partial charge on any atom is -0.392 e. The number of aliphatic hydroxyl groups excluding tert-OH is 1. The Balaban J connectivity index is 2.20. The number of allylic oxidation sites excluding steroid dienone is 3. The first-order valence-corrected chi connectivity index (χ1v) is 3.40. The Morgan fingerprint density at radius 3 is 3.22 bits per heavy atom. The molecule has 2 rings (SSSR count).